The summed E-state index contributed by atoms with van der Waals surface area (Å²) in [7, 11) is 0. The first kappa shape index (κ1) is 10.1. The molecule has 0 bridgehead atoms. The van der Waals surface area contributed by atoms with Gasteiger partial charge in [-0.1, -0.05) is 18.2 Å². The lowest BCUT2D eigenvalue weighted by molar-refractivity contribution is -0.140. The number of carbonyl (C=O) groups excluding carboxylic acids is 1. The van der Waals surface area contributed by atoms with E-state index >= 15 is 0 Å². The zero-order chi connectivity index (χ0) is 10.0. The van der Waals surface area contributed by atoms with Gasteiger partial charge in [-0.25, -0.2) is 0 Å². The van der Waals surface area contributed by atoms with Crippen LogP contribution in [0.5, 0.6) is 0 Å². The van der Waals surface area contributed by atoms with Crippen molar-refractivity contribution >= 4 is 23.5 Å². The third-order valence-electron chi connectivity index (χ3n) is 1.90. The number of carbonyl (C=O) groups is 2. The molecule has 1 rings (SSSR count). The second kappa shape index (κ2) is 3.79. The molecule has 72 valence electrons. The Morgan fingerprint density at radius 3 is 2.54 bits per heavy atom. The maximum atomic E-state index is 11.2. The van der Waals surface area contributed by atoms with Gasteiger partial charge in [-0.05, 0) is 6.42 Å². The van der Waals surface area contributed by atoms with Gasteiger partial charge >= 0.3 is 5.97 Å². The Kier molecular flexibility index (Phi) is 2.93. The molecule has 0 radical (unpaired) electrons. The van der Waals surface area contributed by atoms with Crippen molar-refractivity contribution in [2.24, 2.45) is 11.8 Å². The van der Waals surface area contributed by atoms with Crippen LogP contribution in [0.15, 0.2) is 11.6 Å². The molecule has 2 unspecified atom stereocenters. The van der Waals surface area contributed by atoms with E-state index in [9.17, 15) is 9.59 Å². The molecular formula is C8H10ClNO3. The fraction of sp³-hybridized carbons (Fsp3) is 0.500. The Bertz CT molecular complexity index is 264. The van der Waals surface area contributed by atoms with Crippen molar-refractivity contribution in [1.82, 2.24) is 5.32 Å². The topological polar surface area (TPSA) is 66.4 Å². The van der Waals surface area contributed by atoms with Crippen molar-refractivity contribution in [3.05, 3.63) is 11.6 Å². The molecule has 13 heavy (non-hydrogen) atoms. The molecule has 1 aliphatic carbocycles. The van der Waals surface area contributed by atoms with E-state index in [4.69, 9.17) is 16.7 Å². The molecule has 0 aromatic rings. The summed E-state index contributed by atoms with van der Waals surface area (Å²) in [6, 6.07) is 0. The number of carboxylic acid groups (broad SMARTS) is 1. The lowest BCUT2D eigenvalue weighted by atomic mass is 10.3. The van der Waals surface area contributed by atoms with Crippen LogP contribution in [-0.4, -0.2) is 23.5 Å². The van der Waals surface area contributed by atoms with Gasteiger partial charge in [0, 0.05) is 5.03 Å². The number of hydrogen-bond acceptors (Lipinski definition) is 2. The summed E-state index contributed by atoms with van der Waals surface area (Å²) in [6.07, 6.45) is 0.427. The zero-order valence-corrected chi connectivity index (χ0v) is 7.67. The van der Waals surface area contributed by atoms with Crippen molar-refractivity contribution in [3.63, 3.8) is 0 Å². The summed E-state index contributed by atoms with van der Waals surface area (Å²) in [5.74, 6) is -2.06. The molecule has 2 N–H and O–H groups in total. The Labute approximate surface area is 80.6 Å². The van der Waals surface area contributed by atoms with Gasteiger partial charge in [0.1, 0.15) is 0 Å². The highest BCUT2D eigenvalue weighted by molar-refractivity contribution is 6.29. The zero-order valence-electron chi connectivity index (χ0n) is 6.92. The average Bonchev–Trinajstić information content (AvgIpc) is 2.78. The predicted octanol–water partition coefficient (Wildman–Crippen LogP) is 0.576. The molecule has 0 heterocycles. The van der Waals surface area contributed by atoms with E-state index in [1.165, 1.54) is 0 Å². The van der Waals surface area contributed by atoms with E-state index in [2.05, 4.69) is 11.9 Å². The Morgan fingerprint density at radius 1 is 1.54 bits per heavy atom. The van der Waals surface area contributed by atoms with E-state index in [0.29, 0.717) is 11.5 Å². The largest absolute Gasteiger partial charge is 0.481 e. The van der Waals surface area contributed by atoms with Crippen LogP contribution >= 0.6 is 11.6 Å². The van der Waals surface area contributed by atoms with Crippen molar-refractivity contribution in [2.75, 3.05) is 6.54 Å². The van der Waals surface area contributed by atoms with Gasteiger partial charge in [0.25, 0.3) is 0 Å². The van der Waals surface area contributed by atoms with Crippen molar-refractivity contribution in [1.29, 1.82) is 0 Å². The second-order valence-corrected chi connectivity index (χ2v) is 3.56. The third-order valence-corrected chi connectivity index (χ3v) is 2.03. The fourth-order valence-electron chi connectivity index (χ4n) is 1.07. The molecule has 1 saturated carbocycles. The summed E-state index contributed by atoms with van der Waals surface area (Å²) in [6.45, 7) is 3.59. The van der Waals surface area contributed by atoms with Crippen molar-refractivity contribution < 1.29 is 14.7 Å². The van der Waals surface area contributed by atoms with Crippen LogP contribution in [0.1, 0.15) is 6.42 Å². The summed E-state index contributed by atoms with van der Waals surface area (Å²) >= 11 is 5.42. The number of amides is 1. The van der Waals surface area contributed by atoms with Gasteiger partial charge in [-0.2, -0.15) is 0 Å². The maximum Gasteiger partial charge on any atom is 0.307 e. The molecule has 0 spiro atoms. The van der Waals surface area contributed by atoms with E-state index in [1.54, 1.807) is 0 Å². The van der Waals surface area contributed by atoms with Gasteiger partial charge in [-0.15, -0.1) is 0 Å². The Balaban J connectivity index is 2.27. The second-order valence-electron chi connectivity index (χ2n) is 3.02. The average molecular weight is 204 g/mol. The molecule has 1 amide bonds. The standard InChI is InChI=1S/C8H10ClNO3/c1-4(9)3-10-7(11)5-2-6(5)8(12)13/h5-6H,1-3H2,(H,10,11)(H,12,13). The van der Waals surface area contributed by atoms with Crippen LogP contribution in [0.25, 0.3) is 0 Å². The smallest absolute Gasteiger partial charge is 0.307 e. The minimum Gasteiger partial charge on any atom is -0.481 e. The minimum absolute atomic E-state index is 0.198. The molecule has 4 nitrogen and oxygen atoms in total. The summed E-state index contributed by atoms with van der Waals surface area (Å²) in [5, 5.41) is 11.4. The fourth-order valence-corrected chi connectivity index (χ4v) is 1.14. The number of rotatable bonds is 4. The molecule has 0 aromatic carbocycles. The third kappa shape index (κ3) is 2.73. The van der Waals surface area contributed by atoms with Crippen LogP contribution in [-0.2, 0) is 9.59 Å². The molecule has 1 aliphatic rings. The van der Waals surface area contributed by atoms with E-state index < -0.39 is 11.9 Å². The highest BCUT2D eigenvalue weighted by atomic mass is 35.5. The van der Waals surface area contributed by atoms with E-state index in [0.717, 1.165) is 0 Å². The van der Waals surface area contributed by atoms with Gasteiger partial charge < -0.3 is 10.4 Å². The van der Waals surface area contributed by atoms with Crippen LogP contribution in [0.2, 0.25) is 0 Å². The van der Waals surface area contributed by atoms with Gasteiger partial charge in [0.15, 0.2) is 0 Å². The van der Waals surface area contributed by atoms with Gasteiger partial charge in [-0.3, -0.25) is 9.59 Å². The lowest BCUT2D eigenvalue weighted by Gasteiger charge is -2.01. The number of aliphatic carboxylic acids is 1. The SMILES string of the molecule is C=C(Cl)CNC(=O)C1CC1C(=O)O. The van der Waals surface area contributed by atoms with E-state index in [1.807, 2.05) is 0 Å². The maximum absolute atomic E-state index is 11.2. The first-order valence-electron chi connectivity index (χ1n) is 3.86. The van der Waals surface area contributed by atoms with Gasteiger partial charge in [0.2, 0.25) is 5.91 Å². The summed E-state index contributed by atoms with van der Waals surface area (Å²) in [5.41, 5.74) is 0. The van der Waals surface area contributed by atoms with Crippen molar-refractivity contribution in [3.8, 4) is 0 Å². The van der Waals surface area contributed by atoms with Crippen molar-refractivity contribution in [2.45, 2.75) is 6.42 Å². The number of carboxylic acids is 1. The van der Waals surface area contributed by atoms with Crippen LogP contribution in [0.3, 0.4) is 0 Å². The number of hydrogen-bond donors (Lipinski definition) is 2. The molecule has 5 heteroatoms. The highest BCUT2D eigenvalue weighted by Crippen LogP contribution is 2.38. The first-order chi connectivity index (χ1) is 6.02. The summed E-state index contributed by atoms with van der Waals surface area (Å²) in [4.78, 5) is 21.5. The van der Waals surface area contributed by atoms with Crippen LogP contribution < -0.4 is 5.32 Å². The Hall–Kier alpha value is -1.03. The van der Waals surface area contributed by atoms with Gasteiger partial charge in [0.05, 0.1) is 18.4 Å². The van der Waals surface area contributed by atoms with Crippen LogP contribution in [0, 0.1) is 11.8 Å². The minimum atomic E-state index is -0.912. The first-order valence-corrected chi connectivity index (χ1v) is 4.24. The summed E-state index contributed by atoms with van der Waals surface area (Å²) < 4.78 is 0. The van der Waals surface area contributed by atoms with Crippen LogP contribution in [0.4, 0.5) is 0 Å². The molecule has 0 saturated heterocycles. The molecule has 0 aromatic heterocycles. The molecular weight excluding hydrogens is 194 g/mol. The van der Waals surface area contributed by atoms with E-state index in [-0.39, 0.29) is 18.4 Å². The monoisotopic (exact) mass is 203 g/mol. The number of halogens is 1. The number of nitrogens with one attached hydrogen (secondary N) is 1. The molecule has 1 fully saturated rings. The lowest BCUT2D eigenvalue weighted by Crippen LogP contribution is -2.27. The molecule has 2 atom stereocenters. The Morgan fingerprint density at radius 2 is 2.15 bits per heavy atom. The normalized spacial score (nSPS) is 25.0. The molecule has 0 aliphatic heterocycles. The quantitative estimate of drug-likeness (QED) is 0.702. The predicted molar refractivity (Wildman–Crippen MR) is 47.2 cm³/mol. The highest BCUT2D eigenvalue weighted by Gasteiger charge is 2.48.